The molecule has 0 bridgehead atoms. The third-order valence-electron chi connectivity index (χ3n) is 3.37. The average Bonchev–Trinajstić information content (AvgIpc) is 3.08. The lowest BCUT2D eigenvalue weighted by Crippen LogP contribution is -2.07. The first kappa shape index (κ1) is 21.2. The molecule has 1 unspecified atom stereocenters. The molecule has 3 rings (SSSR count). The molecule has 0 radical (unpaired) electrons. The highest BCUT2D eigenvalue weighted by Crippen LogP contribution is 2.33. The quantitative estimate of drug-likeness (QED) is 0.401. The van der Waals surface area contributed by atoms with E-state index in [4.69, 9.17) is 8.76 Å². The number of hydrogen-bond acceptors (Lipinski definition) is 5. The third-order valence-corrected chi connectivity index (χ3v) is 3.37. The van der Waals surface area contributed by atoms with E-state index in [1.54, 1.807) is 30.3 Å². The summed E-state index contributed by atoms with van der Waals surface area (Å²) in [7, 11) is 0. The van der Waals surface area contributed by atoms with Gasteiger partial charge in [-0.1, -0.05) is 18.2 Å². The molecule has 3 aromatic rings. The fourth-order valence-electron chi connectivity index (χ4n) is 2.25. The molecule has 0 amide bonds. The van der Waals surface area contributed by atoms with E-state index < -0.39 is 28.1 Å². The molecule has 8 nitrogen and oxygen atoms in total. The van der Waals surface area contributed by atoms with E-state index in [1.807, 2.05) is 0 Å². The Morgan fingerprint density at radius 3 is 2.07 bits per heavy atom. The summed E-state index contributed by atoms with van der Waals surface area (Å²) in [4.78, 5) is 10.1. The fraction of sp³-hybridized carbons (Fsp3) is 0.0625. The van der Waals surface area contributed by atoms with Crippen LogP contribution < -0.4 is 5.14 Å². The van der Waals surface area contributed by atoms with Crippen molar-refractivity contribution in [3.8, 4) is 16.9 Å². The molecular weight excluding hydrogens is 401 g/mol. The van der Waals surface area contributed by atoms with Crippen molar-refractivity contribution in [1.29, 1.82) is 0 Å². The molecule has 28 heavy (non-hydrogen) atoms. The Kier molecular flexibility index (Phi) is 6.62. The van der Waals surface area contributed by atoms with Gasteiger partial charge < -0.3 is 4.55 Å². The van der Waals surface area contributed by atoms with Crippen LogP contribution in [0, 0.1) is 10.1 Å². The van der Waals surface area contributed by atoms with Crippen LogP contribution in [0.5, 0.6) is 0 Å². The normalized spacial score (nSPS) is 12.0. The van der Waals surface area contributed by atoms with E-state index in [9.17, 15) is 23.3 Å². The minimum atomic E-state index is -4.59. The van der Waals surface area contributed by atoms with Gasteiger partial charge in [0.1, 0.15) is 0 Å². The maximum absolute atomic E-state index is 13.0. The summed E-state index contributed by atoms with van der Waals surface area (Å²) in [6.07, 6.45) is -4.59. The smallest absolute Gasteiger partial charge is 0.435 e. The van der Waals surface area contributed by atoms with Gasteiger partial charge in [0.2, 0.25) is 0 Å². The maximum Gasteiger partial charge on any atom is 0.435 e. The molecule has 0 spiro atoms. The van der Waals surface area contributed by atoms with Crippen molar-refractivity contribution in [2.75, 3.05) is 0 Å². The van der Waals surface area contributed by atoms with Crippen LogP contribution in [0.15, 0.2) is 60.7 Å². The second-order valence-corrected chi connectivity index (χ2v) is 5.75. The molecule has 0 aliphatic rings. The summed E-state index contributed by atoms with van der Waals surface area (Å²) in [6.45, 7) is 0. The largest absolute Gasteiger partial charge is 0.760 e. The Balaban J connectivity index is 0.000000640. The van der Waals surface area contributed by atoms with Crippen molar-refractivity contribution in [2.45, 2.75) is 6.18 Å². The van der Waals surface area contributed by atoms with Gasteiger partial charge in [0.15, 0.2) is 5.69 Å². The predicted molar refractivity (Wildman–Crippen MR) is 93.8 cm³/mol. The molecule has 148 valence electrons. The highest BCUT2D eigenvalue weighted by atomic mass is 32.2. The Bertz CT molecular complexity index is 972. The first-order valence-electron chi connectivity index (χ1n) is 7.40. The summed E-state index contributed by atoms with van der Waals surface area (Å²) in [5.41, 5.74) is -0.113. The van der Waals surface area contributed by atoms with Gasteiger partial charge in [0, 0.05) is 29.0 Å². The average molecular weight is 413 g/mol. The van der Waals surface area contributed by atoms with Crippen molar-refractivity contribution >= 4 is 17.0 Å². The van der Waals surface area contributed by atoms with E-state index >= 15 is 0 Å². The molecule has 1 atom stereocenters. The molecule has 2 aromatic carbocycles. The van der Waals surface area contributed by atoms with Gasteiger partial charge in [-0.2, -0.15) is 18.3 Å². The molecule has 12 heteroatoms. The van der Waals surface area contributed by atoms with Gasteiger partial charge in [-0.05, 0) is 30.3 Å². The number of nitrogens with two attached hydrogens (primary N) is 1. The summed E-state index contributed by atoms with van der Waals surface area (Å²) < 4.78 is 57.8. The third kappa shape index (κ3) is 5.45. The zero-order chi connectivity index (χ0) is 20.9. The molecule has 0 aliphatic carbocycles. The van der Waals surface area contributed by atoms with Crippen LogP contribution in [0.1, 0.15) is 5.69 Å². The lowest BCUT2D eigenvalue weighted by Gasteiger charge is -2.07. The van der Waals surface area contributed by atoms with Gasteiger partial charge in [0.25, 0.3) is 5.69 Å². The van der Waals surface area contributed by atoms with Crippen LogP contribution in [-0.4, -0.2) is 23.5 Å². The molecule has 0 aliphatic heterocycles. The van der Waals surface area contributed by atoms with Gasteiger partial charge in [-0.3, -0.25) is 19.5 Å². The number of halogens is 3. The van der Waals surface area contributed by atoms with Crippen LogP contribution in [0.2, 0.25) is 0 Å². The molecule has 1 heterocycles. The number of rotatable bonds is 3. The second-order valence-electron chi connectivity index (χ2n) is 5.22. The maximum atomic E-state index is 13.0. The molecule has 0 saturated carbocycles. The van der Waals surface area contributed by atoms with E-state index in [2.05, 4.69) is 10.2 Å². The van der Waals surface area contributed by atoms with Gasteiger partial charge >= 0.3 is 6.18 Å². The number of nitro benzene ring substituents is 1. The zero-order valence-corrected chi connectivity index (χ0v) is 14.7. The van der Waals surface area contributed by atoms with Crippen LogP contribution in [0.3, 0.4) is 0 Å². The van der Waals surface area contributed by atoms with Crippen molar-refractivity contribution in [3.05, 3.63) is 76.5 Å². The number of benzene rings is 2. The Morgan fingerprint density at radius 1 is 1.07 bits per heavy atom. The van der Waals surface area contributed by atoms with Crippen molar-refractivity contribution < 1.29 is 26.9 Å². The highest BCUT2D eigenvalue weighted by molar-refractivity contribution is 7.76. The summed E-state index contributed by atoms with van der Waals surface area (Å²) in [6, 6.07) is 14.6. The molecular formula is C16H12F3N4O4S-. The van der Waals surface area contributed by atoms with E-state index in [-0.39, 0.29) is 11.4 Å². The number of alkyl halides is 3. The van der Waals surface area contributed by atoms with Crippen LogP contribution in [0.4, 0.5) is 18.9 Å². The van der Waals surface area contributed by atoms with E-state index in [0.29, 0.717) is 11.3 Å². The second kappa shape index (κ2) is 8.73. The fourth-order valence-corrected chi connectivity index (χ4v) is 2.25. The van der Waals surface area contributed by atoms with E-state index in [0.717, 1.165) is 6.07 Å². The minimum Gasteiger partial charge on any atom is -0.760 e. The first-order chi connectivity index (χ1) is 13.1. The summed E-state index contributed by atoms with van der Waals surface area (Å²) in [5, 5.41) is 18.4. The lowest BCUT2D eigenvalue weighted by molar-refractivity contribution is -0.384. The van der Waals surface area contributed by atoms with Crippen LogP contribution in [-0.2, 0) is 17.4 Å². The van der Waals surface area contributed by atoms with Gasteiger partial charge in [-0.25, -0.2) is 4.68 Å². The minimum absolute atomic E-state index is 0.138. The number of nitrogens with zero attached hydrogens (tertiary/aromatic N) is 3. The van der Waals surface area contributed by atoms with Crippen molar-refractivity contribution in [2.24, 2.45) is 5.14 Å². The standard InChI is InChI=1S/C16H10F3N3O2.H3NO2S/c17-16(18,19)15-10-14(11-6-8-13(9-7-11)22(23)24)21(20-15)12-4-2-1-3-5-12;1-4(2)3/h1-10H;1H2,(H,2,3)/p-1. The Hall–Kier alpha value is -3.09. The Labute approximate surface area is 159 Å². The Morgan fingerprint density at radius 2 is 1.61 bits per heavy atom. The lowest BCUT2D eigenvalue weighted by atomic mass is 10.1. The number of hydrogen-bond donors (Lipinski definition) is 1. The van der Waals surface area contributed by atoms with Gasteiger partial charge in [-0.15, -0.1) is 0 Å². The predicted octanol–water partition coefficient (Wildman–Crippen LogP) is 3.21. The first-order valence-corrected chi connectivity index (χ1v) is 8.54. The number of non-ortho nitro benzene ring substituents is 1. The molecule has 0 fully saturated rings. The van der Waals surface area contributed by atoms with Crippen molar-refractivity contribution in [1.82, 2.24) is 9.78 Å². The SMILES string of the molecule is NS(=O)[O-].O=[N+]([O-])c1ccc(-c2cc(C(F)(F)F)nn2-c2ccccc2)cc1. The molecule has 1 aromatic heterocycles. The monoisotopic (exact) mass is 413 g/mol. The van der Waals surface area contributed by atoms with Crippen LogP contribution >= 0.6 is 0 Å². The van der Waals surface area contributed by atoms with Crippen LogP contribution in [0.25, 0.3) is 16.9 Å². The molecule has 0 saturated heterocycles. The summed E-state index contributed by atoms with van der Waals surface area (Å²) >= 11 is -2.36. The molecule has 2 N–H and O–H groups in total. The zero-order valence-electron chi connectivity index (χ0n) is 13.9. The van der Waals surface area contributed by atoms with Gasteiger partial charge in [0.05, 0.1) is 16.3 Å². The topological polar surface area (TPSA) is 127 Å². The summed E-state index contributed by atoms with van der Waals surface area (Å²) in [5.74, 6) is 0. The number of nitro groups is 1. The van der Waals surface area contributed by atoms with E-state index in [1.165, 1.54) is 28.9 Å². The highest BCUT2D eigenvalue weighted by Gasteiger charge is 2.35. The number of para-hydroxylation sites is 1. The van der Waals surface area contributed by atoms with Crippen molar-refractivity contribution in [3.63, 3.8) is 0 Å². The number of aromatic nitrogens is 2.